The van der Waals surface area contributed by atoms with Crippen molar-refractivity contribution in [3.63, 3.8) is 0 Å². The van der Waals surface area contributed by atoms with E-state index in [1.165, 1.54) is 4.90 Å². The smallest absolute Gasteiger partial charge is 0.435 e. The maximum absolute atomic E-state index is 12.8. The number of hydrogen-bond acceptors (Lipinski definition) is 8. The lowest BCUT2D eigenvalue weighted by molar-refractivity contribution is -0.147. The fraction of sp³-hybridized carbons (Fsp3) is 0.560. The number of ether oxygens (including phenoxy) is 1. The Morgan fingerprint density at radius 2 is 1.82 bits per heavy atom. The number of hydrogen-bond donors (Lipinski definition) is 3. The third kappa shape index (κ3) is 11.2. The summed E-state index contributed by atoms with van der Waals surface area (Å²) in [4.78, 5) is 58.5. The molecule has 0 radical (unpaired) electrons. The summed E-state index contributed by atoms with van der Waals surface area (Å²) in [5.74, 6) is -0.633. The van der Waals surface area contributed by atoms with E-state index in [1.807, 2.05) is 19.0 Å². The van der Waals surface area contributed by atoms with Gasteiger partial charge in [0.15, 0.2) is 5.84 Å². The van der Waals surface area contributed by atoms with Crippen molar-refractivity contribution in [2.24, 2.45) is 10.9 Å². The van der Waals surface area contributed by atoms with Gasteiger partial charge >= 0.3 is 18.1 Å². The van der Waals surface area contributed by atoms with Gasteiger partial charge in [-0.15, -0.1) is 0 Å². The quantitative estimate of drug-likeness (QED) is 0.108. The molecule has 218 valence electrons. The number of carbonyl (C=O) groups excluding carboxylic acids is 4. The molecule has 1 aromatic carbocycles. The molecule has 1 fully saturated rings. The van der Waals surface area contributed by atoms with E-state index in [0.29, 0.717) is 30.8 Å². The maximum Gasteiger partial charge on any atom is 0.435 e. The van der Waals surface area contributed by atoms with Crippen LogP contribution < -0.4 is 21.3 Å². The first-order valence-electron chi connectivity index (χ1n) is 12.5. The molecular formula is C25H41N7O7. The number of rotatable bonds is 12. The van der Waals surface area contributed by atoms with Gasteiger partial charge in [-0.3, -0.25) is 14.4 Å². The van der Waals surface area contributed by atoms with Crippen LogP contribution in [0.3, 0.4) is 0 Å². The van der Waals surface area contributed by atoms with Gasteiger partial charge in [-0.05, 0) is 71.6 Å². The summed E-state index contributed by atoms with van der Waals surface area (Å²) in [5.41, 5.74) is 7.11. The Morgan fingerprint density at radius 3 is 2.44 bits per heavy atom. The van der Waals surface area contributed by atoms with Crippen molar-refractivity contribution in [2.45, 2.75) is 45.3 Å². The number of amides is 4. The molecule has 14 nitrogen and oxygen atoms in total. The largest absolute Gasteiger partial charge is 0.463 e. The zero-order chi connectivity index (χ0) is 28.2. The van der Waals surface area contributed by atoms with Gasteiger partial charge in [-0.2, -0.15) is 0 Å². The van der Waals surface area contributed by atoms with Crippen LogP contribution >= 0.6 is 0 Å². The van der Waals surface area contributed by atoms with Crippen molar-refractivity contribution in [2.75, 3.05) is 52.2 Å². The molecule has 39 heavy (non-hydrogen) atoms. The highest BCUT2D eigenvalue weighted by atomic mass is 16.7. The Hall–Kier alpha value is -3.91. The molecule has 0 aromatic heterocycles. The molecule has 0 aliphatic carbocycles. The first kappa shape index (κ1) is 33.1. The van der Waals surface area contributed by atoms with Crippen LogP contribution in [0, 0.1) is 0 Å². The predicted octanol–water partition coefficient (Wildman–Crippen LogP) is 0.249. The third-order valence-corrected chi connectivity index (χ3v) is 5.60. The number of nitrogens with one attached hydrogen (secondary N) is 2. The first-order chi connectivity index (χ1) is 18.0. The average Bonchev–Trinajstić information content (AvgIpc) is 3.21. The summed E-state index contributed by atoms with van der Waals surface area (Å²) < 4.78 is 5.01. The van der Waals surface area contributed by atoms with Crippen molar-refractivity contribution in [1.82, 2.24) is 20.4 Å². The van der Waals surface area contributed by atoms with Gasteiger partial charge in [0, 0.05) is 37.9 Å². The lowest BCUT2D eigenvalue weighted by Gasteiger charge is -2.18. The zero-order valence-corrected chi connectivity index (χ0v) is 23.2. The zero-order valence-electron chi connectivity index (χ0n) is 23.2. The second-order valence-electron chi connectivity index (χ2n) is 9.48. The number of oxime groups is 1. The first-order valence-corrected chi connectivity index (χ1v) is 12.5. The van der Waals surface area contributed by atoms with E-state index in [2.05, 4.69) is 15.8 Å². The molecule has 1 atom stereocenters. The molecule has 0 unspecified atom stereocenters. The Labute approximate surface area is 228 Å². The van der Waals surface area contributed by atoms with Gasteiger partial charge in [0.05, 0.1) is 12.5 Å². The number of amidine groups is 1. The van der Waals surface area contributed by atoms with Crippen LogP contribution in [0.25, 0.3) is 0 Å². The minimum Gasteiger partial charge on any atom is -0.463 e. The molecule has 2 rings (SSSR count). The molecule has 1 saturated heterocycles. The molecule has 1 aliphatic heterocycles. The lowest BCUT2D eigenvalue weighted by atomic mass is 10.2. The predicted molar refractivity (Wildman–Crippen MR) is 146 cm³/mol. The molecule has 0 spiro atoms. The van der Waals surface area contributed by atoms with Crippen LogP contribution in [0.2, 0.25) is 0 Å². The summed E-state index contributed by atoms with van der Waals surface area (Å²) in [6.45, 7) is 5.39. The van der Waals surface area contributed by atoms with E-state index in [0.717, 1.165) is 13.0 Å². The number of urea groups is 1. The number of carbonyl (C=O) groups is 4. The second kappa shape index (κ2) is 16.1. The molecule has 6 N–H and O–H groups in total. The van der Waals surface area contributed by atoms with Gasteiger partial charge in [-0.25, -0.2) is 9.59 Å². The maximum atomic E-state index is 12.8. The monoisotopic (exact) mass is 551 g/mol. The Balaban J connectivity index is 0.00000760. The van der Waals surface area contributed by atoms with Gasteiger partial charge < -0.3 is 41.3 Å². The molecule has 1 aliphatic rings. The fourth-order valence-corrected chi connectivity index (χ4v) is 3.62. The summed E-state index contributed by atoms with van der Waals surface area (Å²) in [6.07, 6.45) is 0.449. The molecule has 1 aromatic rings. The molecule has 0 bridgehead atoms. The van der Waals surface area contributed by atoms with Crippen molar-refractivity contribution in [3.8, 4) is 0 Å². The number of nitrogens with zero attached hydrogens (tertiary/aromatic N) is 4. The number of esters is 1. The van der Waals surface area contributed by atoms with Gasteiger partial charge in [-0.1, -0.05) is 5.16 Å². The summed E-state index contributed by atoms with van der Waals surface area (Å²) in [7, 11) is 5.54. The minimum atomic E-state index is -0.682. The normalized spacial score (nSPS) is 15.2. The van der Waals surface area contributed by atoms with Crippen molar-refractivity contribution >= 4 is 35.5 Å². The SMILES string of the molecule is CC(C)OC(=O)CCNC(=O)N[C@H]1CCN(c2ccc(C(N)=NOC(=O)N(C)CCCN(C)C)cc2)C1=O.O. The summed E-state index contributed by atoms with van der Waals surface area (Å²) in [6, 6.07) is 5.53. The van der Waals surface area contributed by atoms with E-state index in [1.54, 1.807) is 50.1 Å². The number of benzene rings is 1. The van der Waals surface area contributed by atoms with E-state index < -0.39 is 24.1 Å². The number of nitrogens with two attached hydrogens (primary N) is 1. The van der Waals surface area contributed by atoms with Crippen molar-refractivity contribution < 1.29 is 34.2 Å². The van der Waals surface area contributed by atoms with Crippen molar-refractivity contribution in [3.05, 3.63) is 29.8 Å². The highest BCUT2D eigenvalue weighted by Crippen LogP contribution is 2.22. The number of anilines is 1. The van der Waals surface area contributed by atoms with Crippen LogP contribution in [0.5, 0.6) is 0 Å². The molecule has 4 amide bonds. The van der Waals surface area contributed by atoms with Crippen LogP contribution in [0.4, 0.5) is 15.3 Å². The lowest BCUT2D eigenvalue weighted by Crippen LogP contribution is -2.46. The van der Waals surface area contributed by atoms with Crippen molar-refractivity contribution in [1.29, 1.82) is 0 Å². The van der Waals surface area contributed by atoms with Crippen LogP contribution in [0.1, 0.15) is 38.7 Å². The highest BCUT2D eigenvalue weighted by Gasteiger charge is 2.33. The van der Waals surface area contributed by atoms with Gasteiger partial charge in [0.1, 0.15) is 6.04 Å². The van der Waals surface area contributed by atoms with Crippen LogP contribution in [-0.4, -0.2) is 105 Å². The molecular weight excluding hydrogens is 510 g/mol. The highest BCUT2D eigenvalue weighted by molar-refractivity contribution is 6.02. The van der Waals surface area contributed by atoms with Crippen LogP contribution in [-0.2, 0) is 19.2 Å². The van der Waals surface area contributed by atoms with Gasteiger partial charge in [0.25, 0.3) is 0 Å². The minimum absolute atomic E-state index is 0. The molecule has 0 saturated carbocycles. The third-order valence-electron chi connectivity index (χ3n) is 5.60. The fourth-order valence-electron chi connectivity index (χ4n) is 3.62. The Bertz CT molecular complexity index is 999. The van der Waals surface area contributed by atoms with Gasteiger partial charge in [0.2, 0.25) is 5.91 Å². The van der Waals surface area contributed by atoms with Crippen LogP contribution in [0.15, 0.2) is 29.4 Å². The van der Waals surface area contributed by atoms with E-state index in [-0.39, 0.29) is 36.3 Å². The topological polar surface area (TPSA) is 190 Å². The average molecular weight is 552 g/mol. The summed E-state index contributed by atoms with van der Waals surface area (Å²) in [5, 5.41) is 8.92. The second-order valence-corrected chi connectivity index (χ2v) is 9.48. The Kier molecular flexibility index (Phi) is 13.7. The van der Waals surface area contributed by atoms with E-state index in [4.69, 9.17) is 15.3 Å². The Morgan fingerprint density at radius 1 is 1.15 bits per heavy atom. The summed E-state index contributed by atoms with van der Waals surface area (Å²) >= 11 is 0. The molecule has 1 heterocycles. The molecule has 14 heteroatoms. The van der Waals surface area contributed by atoms with E-state index >= 15 is 0 Å². The van der Waals surface area contributed by atoms with E-state index in [9.17, 15) is 19.2 Å². The standard InChI is InChI=1S/C25H39N7O6.H2O/c1-17(2)37-21(33)11-13-27-24(35)28-20-12-16-32(23(20)34)19-9-7-18(8-10-19)22(26)29-38-25(36)31(5)15-6-14-30(3)4;/h7-10,17,20H,6,11-16H2,1-5H3,(H2,26,29)(H2,27,28,35);1H2/t20-;/m0./s1.